The second-order valence-electron chi connectivity index (χ2n) is 6.07. The molecule has 0 aliphatic carbocycles. The molecule has 1 amide bonds. The van der Waals surface area contributed by atoms with Gasteiger partial charge in [-0.1, -0.05) is 59.8 Å². The lowest BCUT2D eigenvalue weighted by Gasteiger charge is -2.06. The van der Waals surface area contributed by atoms with Crippen molar-refractivity contribution in [1.29, 1.82) is 0 Å². The van der Waals surface area contributed by atoms with E-state index >= 15 is 0 Å². The summed E-state index contributed by atoms with van der Waals surface area (Å²) in [5.41, 5.74) is 4.77. The average molecular weight is 351 g/mol. The number of hydrogen-bond donors (Lipinski definition) is 1. The lowest BCUT2D eigenvalue weighted by Crippen LogP contribution is -2.11. The van der Waals surface area contributed by atoms with Gasteiger partial charge in [-0.3, -0.25) is 4.79 Å². The minimum Gasteiger partial charge on any atom is -0.321 e. The summed E-state index contributed by atoms with van der Waals surface area (Å²) in [5.74, 6) is -0.174. The fourth-order valence-corrected chi connectivity index (χ4v) is 3.15. The zero-order valence-corrected chi connectivity index (χ0v) is 15.3. The molecule has 0 saturated carbocycles. The van der Waals surface area contributed by atoms with E-state index in [1.165, 1.54) is 24.0 Å². The van der Waals surface area contributed by atoms with Crippen LogP contribution in [0, 0.1) is 6.92 Å². The molecule has 4 nitrogen and oxygen atoms in total. The Morgan fingerprint density at radius 3 is 2.48 bits per heavy atom. The second-order valence-corrected chi connectivity index (χ2v) is 6.83. The standard InChI is InChI=1S/C20H21N3OS/c1-3-4-5-15-8-12-17(13-9-15)21-20(24)19-18(22-23-25-19)16-10-6-14(2)7-11-16/h6-13H,3-5H2,1-2H3,(H,21,24). The van der Waals surface area contributed by atoms with Crippen molar-refractivity contribution in [2.24, 2.45) is 0 Å². The monoisotopic (exact) mass is 351 g/mol. The number of nitrogens with zero attached hydrogens (tertiary/aromatic N) is 2. The number of unbranched alkanes of at least 4 members (excludes halogenated alkanes) is 1. The predicted molar refractivity (Wildman–Crippen MR) is 103 cm³/mol. The molecular formula is C20H21N3OS. The van der Waals surface area contributed by atoms with Gasteiger partial charge < -0.3 is 5.32 Å². The number of amides is 1. The number of nitrogens with one attached hydrogen (secondary N) is 1. The molecule has 0 radical (unpaired) electrons. The molecule has 3 rings (SSSR count). The summed E-state index contributed by atoms with van der Waals surface area (Å²) in [6.07, 6.45) is 3.43. The van der Waals surface area contributed by atoms with Gasteiger partial charge in [-0.25, -0.2) is 0 Å². The molecule has 25 heavy (non-hydrogen) atoms. The molecule has 5 heteroatoms. The summed E-state index contributed by atoms with van der Waals surface area (Å²) < 4.78 is 3.96. The third kappa shape index (κ3) is 4.31. The molecule has 0 bridgehead atoms. The van der Waals surface area contributed by atoms with Crippen molar-refractivity contribution in [3.63, 3.8) is 0 Å². The van der Waals surface area contributed by atoms with Crippen LogP contribution in [-0.2, 0) is 6.42 Å². The molecule has 0 aliphatic heterocycles. The van der Waals surface area contributed by atoms with Crippen LogP contribution in [0.4, 0.5) is 5.69 Å². The second kappa shape index (κ2) is 8.03. The highest BCUT2D eigenvalue weighted by atomic mass is 32.1. The molecule has 0 atom stereocenters. The maximum Gasteiger partial charge on any atom is 0.269 e. The highest BCUT2D eigenvalue weighted by Crippen LogP contribution is 2.25. The van der Waals surface area contributed by atoms with E-state index in [1.54, 1.807) is 0 Å². The number of anilines is 1. The molecule has 3 aromatic rings. The minimum absolute atomic E-state index is 0.174. The first-order chi connectivity index (χ1) is 12.2. The van der Waals surface area contributed by atoms with Gasteiger partial charge in [-0.05, 0) is 49.0 Å². The normalized spacial score (nSPS) is 10.6. The van der Waals surface area contributed by atoms with E-state index in [0.29, 0.717) is 10.6 Å². The number of aryl methyl sites for hydroxylation is 2. The summed E-state index contributed by atoms with van der Waals surface area (Å²) >= 11 is 1.12. The Balaban J connectivity index is 1.74. The zero-order valence-electron chi connectivity index (χ0n) is 14.5. The van der Waals surface area contributed by atoms with E-state index in [9.17, 15) is 4.79 Å². The van der Waals surface area contributed by atoms with E-state index in [2.05, 4.69) is 34.0 Å². The van der Waals surface area contributed by atoms with Gasteiger partial charge in [0, 0.05) is 11.3 Å². The minimum atomic E-state index is -0.174. The molecule has 1 N–H and O–H groups in total. The lowest BCUT2D eigenvalue weighted by molar-refractivity contribution is 0.103. The molecular weight excluding hydrogens is 330 g/mol. The summed E-state index contributed by atoms with van der Waals surface area (Å²) in [5, 5.41) is 7.07. The van der Waals surface area contributed by atoms with Gasteiger partial charge in [0.25, 0.3) is 5.91 Å². The third-order valence-electron chi connectivity index (χ3n) is 4.05. The van der Waals surface area contributed by atoms with Crippen LogP contribution in [0.15, 0.2) is 48.5 Å². The first kappa shape index (κ1) is 17.3. The van der Waals surface area contributed by atoms with Crippen LogP contribution in [0.2, 0.25) is 0 Å². The summed E-state index contributed by atoms with van der Waals surface area (Å²) in [7, 11) is 0. The van der Waals surface area contributed by atoms with Crippen LogP contribution in [0.3, 0.4) is 0 Å². The molecule has 1 aromatic heterocycles. The topological polar surface area (TPSA) is 54.9 Å². The number of hydrogen-bond acceptors (Lipinski definition) is 4. The van der Waals surface area contributed by atoms with Crippen LogP contribution in [-0.4, -0.2) is 15.5 Å². The quantitative estimate of drug-likeness (QED) is 0.671. The van der Waals surface area contributed by atoms with Crippen molar-refractivity contribution in [3.05, 3.63) is 64.5 Å². The fourth-order valence-electron chi connectivity index (χ4n) is 2.56. The molecule has 128 valence electrons. The van der Waals surface area contributed by atoms with Gasteiger partial charge in [0.15, 0.2) is 0 Å². The van der Waals surface area contributed by atoms with Crippen molar-refractivity contribution in [2.75, 3.05) is 5.32 Å². The van der Waals surface area contributed by atoms with E-state index in [4.69, 9.17) is 0 Å². The summed E-state index contributed by atoms with van der Waals surface area (Å²) in [6, 6.07) is 16.0. The van der Waals surface area contributed by atoms with Crippen molar-refractivity contribution < 1.29 is 4.79 Å². The van der Waals surface area contributed by atoms with Gasteiger partial charge >= 0.3 is 0 Å². The summed E-state index contributed by atoms with van der Waals surface area (Å²) in [4.78, 5) is 13.1. The third-order valence-corrected chi connectivity index (χ3v) is 4.77. The Morgan fingerprint density at radius 1 is 1.08 bits per heavy atom. The van der Waals surface area contributed by atoms with Gasteiger partial charge in [0.2, 0.25) is 0 Å². The highest BCUT2D eigenvalue weighted by Gasteiger charge is 2.18. The Bertz CT molecular complexity index is 838. The fraction of sp³-hybridized carbons (Fsp3) is 0.250. The van der Waals surface area contributed by atoms with Crippen molar-refractivity contribution in [3.8, 4) is 11.3 Å². The molecule has 0 saturated heterocycles. The van der Waals surface area contributed by atoms with Crippen LogP contribution in [0.25, 0.3) is 11.3 Å². The first-order valence-corrected chi connectivity index (χ1v) is 9.24. The Kier molecular flexibility index (Phi) is 5.56. The number of carbonyl (C=O) groups excluding carboxylic acids is 1. The average Bonchev–Trinajstić information content (AvgIpc) is 3.11. The molecule has 0 unspecified atom stereocenters. The van der Waals surface area contributed by atoms with Gasteiger partial charge in [0.1, 0.15) is 10.6 Å². The van der Waals surface area contributed by atoms with E-state index in [-0.39, 0.29) is 5.91 Å². The predicted octanol–water partition coefficient (Wildman–Crippen LogP) is 5.11. The van der Waals surface area contributed by atoms with E-state index in [1.807, 2.05) is 43.3 Å². The Hall–Kier alpha value is -2.53. The highest BCUT2D eigenvalue weighted by molar-refractivity contribution is 7.08. The van der Waals surface area contributed by atoms with Crippen LogP contribution < -0.4 is 5.32 Å². The zero-order chi connectivity index (χ0) is 17.6. The summed E-state index contributed by atoms with van der Waals surface area (Å²) in [6.45, 7) is 4.21. The maximum absolute atomic E-state index is 12.6. The van der Waals surface area contributed by atoms with Gasteiger partial charge in [0.05, 0.1) is 0 Å². The molecule has 0 aliphatic rings. The maximum atomic E-state index is 12.6. The molecule has 0 spiro atoms. The lowest BCUT2D eigenvalue weighted by atomic mass is 10.1. The van der Waals surface area contributed by atoms with Crippen molar-refractivity contribution >= 4 is 23.1 Å². The SMILES string of the molecule is CCCCc1ccc(NC(=O)c2snnc2-c2ccc(C)cc2)cc1. The Labute approximate surface area is 152 Å². The smallest absolute Gasteiger partial charge is 0.269 e. The number of aromatic nitrogens is 2. The number of benzene rings is 2. The Morgan fingerprint density at radius 2 is 1.80 bits per heavy atom. The van der Waals surface area contributed by atoms with E-state index in [0.717, 1.165) is 29.2 Å². The van der Waals surface area contributed by atoms with Crippen molar-refractivity contribution in [1.82, 2.24) is 9.59 Å². The van der Waals surface area contributed by atoms with Gasteiger partial charge in [-0.15, -0.1) is 5.10 Å². The molecule has 2 aromatic carbocycles. The van der Waals surface area contributed by atoms with Crippen LogP contribution >= 0.6 is 11.5 Å². The first-order valence-electron chi connectivity index (χ1n) is 8.47. The molecule has 1 heterocycles. The van der Waals surface area contributed by atoms with Crippen molar-refractivity contribution in [2.45, 2.75) is 33.1 Å². The largest absolute Gasteiger partial charge is 0.321 e. The van der Waals surface area contributed by atoms with Crippen LogP contribution in [0.1, 0.15) is 40.6 Å². The number of carbonyl (C=O) groups is 1. The van der Waals surface area contributed by atoms with Crippen LogP contribution in [0.5, 0.6) is 0 Å². The van der Waals surface area contributed by atoms with Gasteiger partial charge in [-0.2, -0.15) is 0 Å². The van der Waals surface area contributed by atoms with E-state index < -0.39 is 0 Å². The number of rotatable bonds is 6. The molecule has 0 fully saturated rings.